The van der Waals surface area contributed by atoms with Crippen LogP contribution in [0.4, 0.5) is 10.2 Å². The van der Waals surface area contributed by atoms with E-state index in [2.05, 4.69) is 20.0 Å². The number of fused-ring (bicyclic) bond motifs is 1. The molecule has 1 N–H and O–H groups in total. The highest BCUT2D eigenvalue weighted by atomic mass is 19.1. The third-order valence-electron chi connectivity index (χ3n) is 5.14. The van der Waals surface area contributed by atoms with Crippen molar-refractivity contribution in [1.82, 2.24) is 24.5 Å². The molecule has 5 rings (SSSR count). The Morgan fingerprint density at radius 2 is 2.00 bits per heavy atom. The molecule has 29 heavy (non-hydrogen) atoms. The molecule has 0 spiro atoms. The molecule has 8 nitrogen and oxygen atoms in total. The molecule has 0 bridgehead atoms. The van der Waals surface area contributed by atoms with Crippen LogP contribution in [-0.4, -0.2) is 68.3 Å². The first kappa shape index (κ1) is 19.3. The number of carbonyl (C=O) groups is 1. The molecular formula is C20H23FN6O2. The number of amides is 1. The molecule has 3 aromatic rings. The van der Waals surface area contributed by atoms with E-state index in [1.165, 1.54) is 31.3 Å². The molecule has 2 aliphatic rings. The number of pyridine rings is 1. The van der Waals surface area contributed by atoms with Crippen molar-refractivity contribution in [1.29, 1.82) is 0 Å². The summed E-state index contributed by atoms with van der Waals surface area (Å²) in [5, 5.41) is 13.3. The predicted molar refractivity (Wildman–Crippen MR) is 105 cm³/mol. The molecule has 0 saturated carbocycles. The number of anilines is 1. The number of hydrogen-bond donors (Lipinski definition) is 1. The van der Waals surface area contributed by atoms with Gasteiger partial charge in [-0.15, -0.1) is 0 Å². The van der Waals surface area contributed by atoms with Crippen molar-refractivity contribution >= 4 is 17.4 Å². The number of halogens is 1. The Kier molecular flexibility index (Phi) is 5.66. The van der Waals surface area contributed by atoms with E-state index in [0.717, 1.165) is 18.9 Å². The van der Waals surface area contributed by atoms with E-state index in [9.17, 15) is 9.18 Å². The van der Waals surface area contributed by atoms with Gasteiger partial charge in [-0.25, -0.2) is 13.9 Å². The molecule has 2 aliphatic heterocycles. The average Bonchev–Trinajstić information content (AvgIpc) is 3.38. The van der Waals surface area contributed by atoms with Crippen LogP contribution in [0.15, 0.2) is 43.0 Å². The maximum absolute atomic E-state index is 12.5. The minimum Gasteiger partial charge on any atom is -0.396 e. The zero-order valence-corrected chi connectivity index (χ0v) is 16.0. The molecule has 0 radical (unpaired) electrons. The number of carbonyl (C=O) groups excluding carboxylic acids is 1. The van der Waals surface area contributed by atoms with Crippen molar-refractivity contribution in [2.24, 2.45) is 5.92 Å². The summed E-state index contributed by atoms with van der Waals surface area (Å²) in [6, 6.07) is 4.85. The highest BCUT2D eigenvalue weighted by Crippen LogP contribution is 2.22. The second kappa shape index (κ2) is 8.52. The molecule has 0 aromatic carbocycles. The van der Waals surface area contributed by atoms with Gasteiger partial charge in [-0.1, -0.05) is 0 Å². The van der Waals surface area contributed by atoms with E-state index >= 15 is 0 Å². The van der Waals surface area contributed by atoms with Gasteiger partial charge in [0, 0.05) is 51.1 Å². The van der Waals surface area contributed by atoms with Crippen molar-refractivity contribution in [3.05, 3.63) is 54.4 Å². The Labute approximate surface area is 167 Å². The van der Waals surface area contributed by atoms with Gasteiger partial charge in [0.15, 0.2) is 5.65 Å². The maximum Gasteiger partial charge on any atom is 0.259 e. The first-order valence-electron chi connectivity index (χ1n) is 9.70. The highest BCUT2D eigenvalue weighted by molar-refractivity contribution is 6.00. The van der Waals surface area contributed by atoms with Gasteiger partial charge in [-0.2, -0.15) is 5.10 Å². The number of rotatable bonds is 3. The average molecular weight is 398 g/mol. The summed E-state index contributed by atoms with van der Waals surface area (Å²) in [7, 11) is 0. The third kappa shape index (κ3) is 4.19. The van der Waals surface area contributed by atoms with E-state index in [1.807, 2.05) is 12.3 Å². The minimum atomic E-state index is -0.289. The zero-order valence-electron chi connectivity index (χ0n) is 16.0. The molecule has 0 unspecified atom stereocenters. The summed E-state index contributed by atoms with van der Waals surface area (Å²) in [6.45, 7) is 3.39. The molecule has 1 amide bonds. The number of nitrogens with zero attached hydrogens (tertiary/aromatic N) is 6. The Morgan fingerprint density at radius 1 is 1.21 bits per heavy atom. The summed E-state index contributed by atoms with van der Waals surface area (Å²) in [5.74, 6) is 0.781. The number of hydrogen-bond acceptors (Lipinski definition) is 6. The fourth-order valence-electron chi connectivity index (χ4n) is 3.50. The van der Waals surface area contributed by atoms with Crippen molar-refractivity contribution in [3.63, 3.8) is 0 Å². The lowest BCUT2D eigenvalue weighted by molar-refractivity contribution is 0.0363. The van der Waals surface area contributed by atoms with E-state index in [4.69, 9.17) is 5.11 Å². The van der Waals surface area contributed by atoms with Gasteiger partial charge in [0.2, 0.25) is 0 Å². The Balaban J connectivity index is 0.000000249. The monoisotopic (exact) mass is 398 g/mol. The van der Waals surface area contributed by atoms with Crippen LogP contribution in [0.3, 0.4) is 0 Å². The number of aliphatic hydroxyl groups is 1. The van der Waals surface area contributed by atoms with Crippen LogP contribution in [-0.2, 0) is 0 Å². The van der Waals surface area contributed by atoms with Crippen molar-refractivity contribution in [2.75, 3.05) is 37.7 Å². The van der Waals surface area contributed by atoms with Crippen LogP contribution >= 0.6 is 0 Å². The molecule has 152 valence electrons. The third-order valence-corrected chi connectivity index (χ3v) is 5.14. The van der Waals surface area contributed by atoms with Gasteiger partial charge in [-0.3, -0.25) is 9.78 Å². The van der Waals surface area contributed by atoms with Crippen molar-refractivity contribution in [2.45, 2.75) is 12.8 Å². The molecule has 3 aromatic heterocycles. The second-order valence-corrected chi connectivity index (χ2v) is 7.24. The van der Waals surface area contributed by atoms with Crippen LogP contribution in [0.1, 0.15) is 23.2 Å². The smallest absolute Gasteiger partial charge is 0.259 e. The highest BCUT2D eigenvalue weighted by Gasteiger charge is 2.32. The van der Waals surface area contributed by atoms with Crippen molar-refractivity contribution in [3.8, 4) is 0 Å². The summed E-state index contributed by atoms with van der Waals surface area (Å²) < 4.78 is 13.5. The second-order valence-electron chi connectivity index (χ2n) is 7.24. The number of aromatic nitrogens is 4. The molecule has 2 saturated heterocycles. The Hall–Kier alpha value is -3.07. The zero-order chi connectivity index (χ0) is 20.2. The quantitative estimate of drug-likeness (QED) is 0.721. The lowest BCUT2D eigenvalue weighted by Crippen LogP contribution is -2.51. The van der Waals surface area contributed by atoms with Crippen LogP contribution in [0.25, 0.3) is 5.65 Å². The lowest BCUT2D eigenvalue weighted by Gasteiger charge is -2.37. The number of aliphatic hydroxyl groups excluding tert-OH is 1. The van der Waals surface area contributed by atoms with Crippen LogP contribution in [0, 0.1) is 11.7 Å². The Bertz CT molecular complexity index is 968. The van der Waals surface area contributed by atoms with E-state index in [-0.39, 0.29) is 24.2 Å². The molecular weight excluding hydrogens is 375 g/mol. The van der Waals surface area contributed by atoms with Gasteiger partial charge in [0.05, 0.1) is 12.4 Å². The summed E-state index contributed by atoms with van der Waals surface area (Å²) >= 11 is 0. The Morgan fingerprint density at radius 3 is 2.62 bits per heavy atom. The topological polar surface area (TPSA) is 86.9 Å². The molecule has 0 aliphatic carbocycles. The van der Waals surface area contributed by atoms with Crippen LogP contribution in [0.5, 0.6) is 0 Å². The van der Waals surface area contributed by atoms with Crippen molar-refractivity contribution < 1.29 is 14.3 Å². The van der Waals surface area contributed by atoms with Gasteiger partial charge in [0.1, 0.15) is 17.2 Å². The van der Waals surface area contributed by atoms with Gasteiger partial charge < -0.3 is 14.9 Å². The van der Waals surface area contributed by atoms with Crippen LogP contribution in [0.2, 0.25) is 0 Å². The van der Waals surface area contributed by atoms with E-state index < -0.39 is 0 Å². The predicted octanol–water partition coefficient (Wildman–Crippen LogP) is 1.61. The molecule has 0 atom stereocenters. The molecule has 5 heterocycles. The SMILES string of the molecule is Fc1cccnc1.O=C(c1cnn2ccc(N3CCCC3)nc12)N1CC(CO)C1. The van der Waals surface area contributed by atoms with E-state index in [1.54, 1.807) is 21.7 Å². The van der Waals surface area contributed by atoms with Gasteiger partial charge in [0.25, 0.3) is 5.91 Å². The van der Waals surface area contributed by atoms with Crippen LogP contribution < -0.4 is 4.90 Å². The van der Waals surface area contributed by atoms with Gasteiger partial charge in [-0.05, 0) is 31.0 Å². The largest absolute Gasteiger partial charge is 0.396 e. The van der Waals surface area contributed by atoms with Gasteiger partial charge >= 0.3 is 0 Å². The molecule has 2 fully saturated rings. The standard InChI is InChI=1S/C15H19N5O2.C5H4FN/c21-10-11-8-19(9-11)15(22)12-7-16-20-6-3-13(17-14(12)20)18-4-1-2-5-18;6-5-2-1-3-7-4-5/h3,6-7,11,21H,1-2,4-5,8-10H2;1-4H. The first-order valence-corrected chi connectivity index (χ1v) is 9.70. The summed E-state index contributed by atoms with van der Waals surface area (Å²) in [4.78, 5) is 24.7. The minimum absolute atomic E-state index is 0.0502. The summed E-state index contributed by atoms with van der Waals surface area (Å²) in [5.41, 5.74) is 1.15. The normalized spacial score (nSPS) is 16.5. The first-order chi connectivity index (χ1) is 14.2. The maximum atomic E-state index is 12.5. The fourth-order valence-corrected chi connectivity index (χ4v) is 3.50. The summed E-state index contributed by atoms with van der Waals surface area (Å²) in [6.07, 6.45) is 8.52. The van der Waals surface area contributed by atoms with E-state index in [0.29, 0.717) is 24.3 Å². The lowest BCUT2D eigenvalue weighted by atomic mass is 10.0. The number of likely N-dealkylation sites (tertiary alicyclic amines) is 1. The molecule has 9 heteroatoms. The fraction of sp³-hybridized carbons (Fsp3) is 0.400.